The van der Waals surface area contributed by atoms with Gasteiger partial charge in [-0.1, -0.05) is 18.2 Å². The van der Waals surface area contributed by atoms with Crippen molar-refractivity contribution < 1.29 is 9.59 Å². The highest BCUT2D eigenvalue weighted by atomic mass is 16.2. The van der Waals surface area contributed by atoms with Gasteiger partial charge in [-0.25, -0.2) is 0 Å². The highest BCUT2D eigenvalue weighted by Crippen LogP contribution is 2.33. The molecule has 5 heteroatoms. The third-order valence-corrected chi connectivity index (χ3v) is 5.97. The Balaban J connectivity index is 1.42. The number of likely N-dealkylation sites (tertiary alicyclic amines) is 1. The Morgan fingerprint density at radius 3 is 2.62 bits per heavy atom. The maximum atomic E-state index is 12.9. The van der Waals surface area contributed by atoms with Crippen molar-refractivity contribution in [2.75, 3.05) is 31.6 Å². The summed E-state index contributed by atoms with van der Waals surface area (Å²) in [6.45, 7) is 3.42. The molecule has 0 bridgehead atoms. The van der Waals surface area contributed by atoms with Crippen LogP contribution in [0.15, 0.2) is 24.3 Å². The number of rotatable bonds is 5. The Bertz CT molecular complexity index is 680. The number of para-hydroxylation sites is 1. The molecule has 0 radical (unpaired) electrons. The quantitative estimate of drug-likeness (QED) is 0.816. The van der Waals surface area contributed by atoms with E-state index in [1.807, 2.05) is 16.8 Å². The first-order chi connectivity index (χ1) is 12.6. The summed E-state index contributed by atoms with van der Waals surface area (Å²) in [6, 6.07) is 8.84. The lowest BCUT2D eigenvalue weighted by molar-refractivity contribution is -0.135. The molecule has 1 atom stereocenters. The first-order valence-corrected chi connectivity index (χ1v) is 10.0. The average molecular weight is 355 g/mol. The van der Waals surface area contributed by atoms with Gasteiger partial charge >= 0.3 is 0 Å². The van der Waals surface area contributed by atoms with Gasteiger partial charge in [-0.05, 0) is 43.7 Å². The molecular formula is C21H29N3O2. The molecule has 26 heavy (non-hydrogen) atoms. The van der Waals surface area contributed by atoms with Crippen LogP contribution in [0.2, 0.25) is 0 Å². The van der Waals surface area contributed by atoms with E-state index in [-0.39, 0.29) is 17.7 Å². The first kappa shape index (κ1) is 17.4. The lowest BCUT2D eigenvalue weighted by atomic mass is 10.0. The summed E-state index contributed by atoms with van der Waals surface area (Å²) in [6.07, 6.45) is 6.38. The smallest absolute Gasteiger partial charge is 0.228 e. The first-order valence-electron chi connectivity index (χ1n) is 10.0. The Labute approximate surface area is 155 Å². The number of nitrogens with zero attached hydrogens (tertiary/aromatic N) is 3. The van der Waals surface area contributed by atoms with Crippen molar-refractivity contribution in [2.45, 2.75) is 51.1 Å². The molecule has 140 valence electrons. The van der Waals surface area contributed by atoms with Gasteiger partial charge < -0.3 is 14.7 Å². The summed E-state index contributed by atoms with van der Waals surface area (Å²) in [5.41, 5.74) is 2.46. The van der Waals surface area contributed by atoms with Crippen molar-refractivity contribution in [3.05, 3.63) is 29.8 Å². The molecular weight excluding hydrogens is 326 g/mol. The van der Waals surface area contributed by atoms with Crippen LogP contribution in [0.25, 0.3) is 0 Å². The van der Waals surface area contributed by atoms with E-state index in [2.05, 4.69) is 29.2 Å². The minimum atomic E-state index is -0.171. The minimum absolute atomic E-state index is 0.106. The average Bonchev–Trinajstić information content (AvgIpc) is 3.44. The van der Waals surface area contributed by atoms with Gasteiger partial charge in [0, 0.05) is 51.4 Å². The second kappa shape index (κ2) is 7.29. The van der Waals surface area contributed by atoms with Crippen molar-refractivity contribution in [2.24, 2.45) is 5.92 Å². The van der Waals surface area contributed by atoms with Crippen LogP contribution in [0, 0.1) is 5.92 Å². The van der Waals surface area contributed by atoms with E-state index in [4.69, 9.17) is 0 Å². The molecule has 5 nitrogen and oxygen atoms in total. The molecule has 0 spiro atoms. The lowest BCUT2D eigenvalue weighted by Gasteiger charge is -2.31. The van der Waals surface area contributed by atoms with Gasteiger partial charge in [-0.3, -0.25) is 9.59 Å². The van der Waals surface area contributed by atoms with E-state index < -0.39 is 0 Å². The van der Waals surface area contributed by atoms with Crippen molar-refractivity contribution in [3.63, 3.8) is 0 Å². The molecule has 2 amide bonds. The van der Waals surface area contributed by atoms with Gasteiger partial charge in [-0.15, -0.1) is 0 Å². The summed E-state index contributed by atoms with van der Waals surface area (Å²) >= 11 is 0. The van der Waals surface area contributed by atoms with E-state index in [0.29, 0.717) is 25.6 Å². The number of carbonyl (C=O) groups excluding carboxylic acids is 2. The third-order valence-electron chi connectivity index (χ3n) is 5.97. The van der Waals surface area contributed by atoms with Crippen LogP contribution >= 0.6 is 0 Å². The predicted molar refractivity (Wildman–Crippen MR) is 102 cm³/mol. The SMILES string of the molecule is CN(Cc1ccccc1N1CCCCC1)C(=O)[C@@H]1CC(=O)N(C2CC2)C1. The van der Waals surface area contributed by atoms with Gasteiger partial charge in [0.2, 0.25) is 11.8 Å². The molecule has 1 aromatic rings. The summed E-state index contributed by atoms with van der Waals surface area (Å²) in [5, 5.41) is 0. The third kappa shape index (κ3) is 3.57. The number of piperidine rings is 1. The molecule has 2 saturated heterocycles. The molecule has 1 saturated carbocycles. The maximum Gasteiger partial charge on any atom is 0.228 e. The number of hydrogen-bond acceptors (Lipinski definition) is 3. The monoisotopic (exact) mass is 355 g/mol. The summed E-state index contributed by atoms with van der Waals surface area (Å²) in [5.74, 6) is 0.0955. The molecule has 4 rings (SSSR count). The largest absolute Gasteiger partial charge is 0.371 e. The normalized spacial score (nSPS) is 23.4. The number of hydrogen-bond donors (Lipinski definition) is 0. The Morgan fingerprint density at radius 2 is 1.88 bits per heavy atom. The molecule has 0 N–H and O–H groups in total. The highest BCUT2D eigenvalue weighted by Gasteiger charge is 2.42. The van der Waals surface area contributed by atoms with Crippen LogP contribution in [-0.2, 0) is 16.1 Å². The fourth-order valence-electron chi connectivity index (χ4n) is 4.37. The van der Waals surface area contributed by atoms with Crippen LogP contribution in [0.4, 0.5) is 5.69 Å². The molecule has 3 aliphatic rings. The highest BCUT2D eigenvalue weighted by molar-refractivity contribution is 5.89. The molecule has 2 heterocycles. The molecule has 2 aliphatic heterocycles. The minimum Gasteiger partial charge on any atom is -0.371 e. The Morgan fingerprint density at radius 1 is 1.15 bits per heavy atom. The standard InChI is InChI=1S/C21H29N3O2/c1-22(21(26)17-13-20(25)24(15-17)18-9-10-18)14-16-7-3-4-8-19(16)23-11-5-2-6-12-23/h3-4,7-8,17-18H,2,5-6,9-15H2,1H3/t17-/m1/s1. The van der Waals surface area contributed by atoms with E-state index >= 15 is 0 Å². The molecule has 1 aromatic carbocycles. The van der Waals surface area contributed by atoms with Crippen molar-refractivity contribution in [1.82, 2.24) is 9.80 Å². The topological polar surface area (TPSA) is 43.9 Å². The lowest BCUT2D eigenvalue weighted by Crippen LogP contribution is -2.36. The van der Waals surface area contributed by atoms with Gasteiger partial charge in [0.1, 0.15) is 0 Å². The summed E-state index contributed by atoms with van der Waals surface area (Å²) in [4.78, 5) is 31.3. The van der Waals surface area contributed by atoms with E-state index in [9.17, 15) is 9.59 Å². The Hall–Kier alpha value is -2.04. The fraction of sp³-hybridized carbons (Fsp3) is 0.619. The van der Waals surface area contributed by atoms with Crippen LogP contribution < -0.4 is 4.90 Å². The second-order valence-corrected chi connectivity index (χ2v) is 8.05. The number of benzene rings is 1. The molecule has 0 unspecified atom stereocenters. The van der Waals surface area contributed by atoms with Gasteiger partial charge in [0.05, 0.1) is 5.92 Å². The van der Waals surface area contributed by atoms with Gasteiger partial charge in [-0.2, -0.15) is 0 Å². The van der Waals surface area contributed by atoms with E-state index in [1.54, 1.807) is 0 Å². The van der Waals surface area contributed by atoms with Crippen molar-refractivity contribution in [3.8, 4) is 0 Å². The zero-order valence-corrected chi connectivity index (χ0v) is 15.7. The molecule has 3 fully saturated rings. The van der Waals surface area contributed by atoms with E-state index in [1.165, 1.54) is 30.5 Å². The fourth-order valence-corrected chi connectivity index (χ4v) is 4.37. The number of carbonyl (C=O) groups is 2. The van der Waals surface area contributed by atoms with E-state index in [0.717, 1.165) is 25.9 Å². The van der Waals surface area contributed by atoms with Crippen LogP contribution in [0.1, 0.15) is 44.1 Å². The van der Waals surface area contributed by atoms with Crippen LogP contribution in [0.5, 0.6) is 0 Å². The van der Waals surface area contributed by atoms with Gasteiger partial charge in [0.25, 0.3) is 0 Å². The second-order valence-electron chi connectivity index (χ2n) is 8.05. The zero-order chi connectivity index (χ0) is 18.1. The summed E-state index contributed by atoms with van der Waals surface area (Å²) < 4.78 is 0. The van der Waals surface area contributed by atoms with Crippen LogP contribution in [-0.4, -0.2) is 54.3 Å². The zero-order valence-electron chi connectivity index (χ0n) is 15.7. The number of anilines is 1. The molecule has 1 aliphatic carbocycles. The molecule has 0 aromatic heterocycles. The number of amides is 2. The maximum absolute atomic E-state index is 12.9. The summed E-state index contributed by atoms with van der Waals surface area (Å²) in [7, 11) is 1.87. The van der Waals surface area contributed by atoms with Gasteiger partial charge in [0.15, 0.2) is 0 Å². The predicted octanol–water partition coefficient (Wildman–Crippen LogP) is 2.65. The van der Waals surface area contributed by atoms with Crippen molar-refractivity contribution in [1.29, 1.82) is 0 Å². The van der Waals surface area contributed by atoms with Crippen LogP contribution in [0.3, 0.4) is 0 Å². The van der Waals surface area contributed by atoms with Crippen molar-refractivity contribution >= 4 is 17.5 Å². The Kier molecular flexibility index (Phi) is 4.88.